The van der Waals surface area contributed by atoms with Gasteiger partial charge in [-0.1, -0.05) is 19.8 Å². The molecule has 0 spiro atoms. The molecule has 1 aromatic rings. The summed E-state index contributed by atoms with van der Waals surface area (Å²) in [5, 5.41) is 4.49. The number of nitrogens with zero attached hydrogens (tertiary/aromatic N) is 1. The Kier molecular flexibility index (Phi) is 4.83. The van der Waals surface area contributed by atoms with E-state index in [1.165, 1.54) is 11.3 Å². The lowest BCUT2D eigenvalue weighted by molar-refractivity contribution is -0.130. The summed E-state index contributed by atoms with van der Waals surface area (Å²) < 4.78 is 0.693. The summed E-state index contributed by atoms with van der Waals surface area (Å²) in [6.07, 6.45) is 2.38. The molecule has 1 aliphatic heterocycles. The summed E-state index contributed by atoms with van der Waals surface area (Å²) in [5.74, 6) is -0.554. The van der Waals surface area contributed by atoms with Crippen LogP contribution in [0.3, 0.4) is 0 Å². The first kappa shape index (κ1) is 16.2. The monoisotopic (exact) mass is 372 g/mol. The minimum atomic E-state index is -0.889. The Morgan fingerprint density at radius 2 is 2.19 bits per heavy atom. The van der Waals surface area contributed by atoms with Crippen molar-refractivity contribution in [2.45, 2.75) is 38.6 Å². The molecule has 2 rings (SSSR count). The van der Waals surface area contributed by atoms with E-state index in [-0.39, 0.29) is 18.2 Å². The molecule has 1 atom stereocenters. The van der Waals surface area contributed by atoms with Gasteiger partial charge in [-0.2, -0.15) is 0 Å². The molecule has 0 aliphatic carbocycles. The molecule has 7 heteroatoms. The van der Waals surface area contributed by atoms with Crippen LogP contribution in [0.2, 0.25) is 0 Å². The molecule has 114 valence electrons. The summed E-state index contributed by atoms with van der Waals surface area (Å²) in [6.45, 7) is 3.53. The number of halogens is 1. The second-order valence-electron chi connectivity index (χ2n) is 5.28. The van der Waals surface area contributed by atoms with Crippen LogP contribution in [0.4, 0.5) is 4.79 Å². The van der Waals surface area contributed by atoms with Gasteiger partial charge in [0.2, 0.25) is 0 Å². The largest absolute Gasteiger partial charge is 0.325 e. The van der Waals surface area contributed by atoms with Crippen LogP contribution in [0.1, 0.15) is 42.8 Å². The zero-order valence-corrected chi connectivity index (χ0v) is 14.3. The number of carbonyl (C=O) groups excluding carboxylic acids is 3. The normalized spacial score (nSPS) is 21.8. The number of unbranched alkanes of at least 4 members (excludes halogenated alkanes) is 1. The molecular weight excluding hydrogens is 356 g/mol. The number of rotatable bonds is 6. The molecule has 0 radical (unpaired) electrons. The predicted molar refractivity (Wildman–Crippen MR) is 84.5 cm³/mol. The van der Waals surface area contributed by atoms with Gasteiger partial charge in [0.25, 0.3) is 5.91 Å². The SMILES string of the molecule is CCCCC1(C)NC(=O)N(CC(=O)c2sccc2Br)C1=O. The summed E-state index contributed by atoms with van der Waals surface area (Å²) in [4.78, 5) is 38.2. The molecule has 1 aromatic heterocycles. The fraction of sp³-hybridized carbons (Fsp3) is 0.500. The molecule has 1 unspecified atom stereocenters. The van der Waals surface area contributed by atoms with E-state index in [1.54, 1.807) is 18.4 Å². The number of Topliss-reactive ketones (excluding diaryl/α,β-unsaturated/α-hetero) is 1. The molecule has 1 saturated heterocycles. The number of hydrogen-bond acceptors (Lipinski definition) is 4. The Balaban J connectivity index is 2.11. The molecule has 0 saturated carbocycles. The molecule has 1 fully saturated rings. The summed E-state index contributed by atoms with van der Waals surface area (Å²) in [6, 6.07) is 1.29. The zero-order chi connectivity index (χ0) is 15.6. The molecule has 21 heavy (non-hydrogen) atoms. The maximum absolute atomic E-state index is 12.4. The Morgan fingerprint density at radius 1 is 1.48 bits per heavy atom. The Bertz CT molecular complexity index is 587. The lowest BCUT2D eigenvalue weighted by atomic mass is 9.95. The minimum Gasteiger partial charge on any atom is -0.323 e. The van der Waals surface area contributed by atoms with Gasteiger partial charge in [0.15, 0.2) is 5.78 Å². The van der Waals surface area contributed by atoms with Gasteiger partial charge < -0.3 is 5.32 Å². The van der Waals surface area contributed by atoms with Crippen molar-refractivity contribution in [3.05, 3.63) is 20.8 Å². The van der Waals surface area contributed by atoms with E-state index < -0.39 is 11.6 Å². The zero-order valence-electron chi connectivity index (χ0n) is 11.9. The maximum Gasteiger partial charge on any atom is 0.325 e. The van der Waals surface area contributed by atoms with Crippen molar-refractivity contribution < 1.29 is 14.4 Å². The summed E-state index contributed by atoms with van der Waals surface area (Å²) in [7, 11) is 0. The Morgan fingerprint density at radius 3 is 2.76 bits per heavy atom. The lowest BCUT2D eigenvalue weighted by Crippen LogP contribution is -2.44. The van der Waals surface area contributed by atoms with E-state index in [2.05, 4.69) is 21.2 Å². The maximum atomic E-state index is 12.4. The molecule has 1 aliphatic rings. The first-order chi connectivity index (χ1) is 9.89. The van der Waals surface area contributed by atoms with E-state index >= 15 is 0 Å². The number of urea groups is 1. The Labute approximate surface area is 135 Å². The van der Waals surface area contributed by atoms with Crippen molar-refractivity contribution in [2.24, 2.45) is 0 Å². The molecule has 2 heterocycles. The van der Waals surface area contributed by atoms with Crippen LogP contribution in [-0.2, 0) is 4.79 Å². The van der Waals surface area contributed by atoms with Crippen molar-refractivity contribution >= 4 is 45.0 Å². The quantitative estimate of drug-likeness (QED) is 0.615. The highest BCUT2D eigenvalue weighted by atomic mass is 79.9. The predicted octanol–water partition coefficient (Wildman–Crippen LogP) is 3.19. The molecule has 5 nitrogen and oxygen atoms in total. The molecule has 1 N–H and O–H groups in total. The van der Waals surface area contributed by atoms with Gasteiger partial charge in [0.05, 0.1) is 11.4 Å². The van der Waals surface area contributed by atoms with Gasteiger partial charge in [-0.3, -0.25) is 14.5 Å². The van der Waals surface area contributed by atoms with Crippen LogP contribution in [0, 0.1) is 0 Å². The fourth-order valence-corrected chi connectivity index (χ4v) is 3.82. The van der Waals surface area contributed by atoms with Crippen LogP contribution in [-0.4, -0.2) is 34.7 Å². The average Bonchev–Trinajstić information content (AvgIpc) is 2.94. The number of hydrogen-bond donors (Lipinski definition) is 1. The number of thiophene rings is 1. The number of carbonyl (C=O) groups is 3. The fourth-order valence-electron chi connectivity index (χ4n) is 2.30. The molecular formula is C14H17BrN2O3S. The van der Waals surface area contributed by atoms with E-state index in [4.69, 9.17) is 0 Å². The first-order valence-corrected chi connectivity index (χ1v) is 8.46. The number of nitrogens with one attached hydrogen (secondary N) is 1. The van der Waals surface area contributed by atoms with E-state index in [0.29, 0.717) is 15.8 Å². The van der Waals surface area contributed by atoms with Gasteiger partial charge >= 0.3 is 6.03 Å². The van der Waals surface area contributed by atoms with Crippen LogP contribution in [0.25, 0.3) is 0 Å². The topological polar surface area (TPSA) is 66.5 Å². The van der Waals surface area contributed by atoms with Crippen molar-refractivity contribution in [1.29, 1.82) is 0 Å². The Hall–Kier alpha value is -1.21. The van der Waals surface area contributed by atoms with Crippen LogP contribution < -0.4 is 5.32 Å². The number of ketones is 1. The smallest absolute Gasteiger partial charge is 0.323 e. The van der Waals surface area contributed by atoms with E-state index in [9.17, 15) is 14.4 Å². The summed E-state index contributed by atoms with van der Waals surface area (Å²) in [5.41, 5.74) is -0.889. The van der Waals surface area contributed by atoms with E-state index in [1.807, 2.05) is 6.92 Å². The van der Waals surface area contributed by atoms with Gasteiger partial charge in [-0.15, -0.1) is 11.3 Å². The highest BCUT2D eigenvalue weighted by Crippen LogP contribution is 2.26. The van der Waals surface area contributed by atoms with Crippen LogP contribution >= 0.6 is 27.3 Å². The second kappa shape index (κ2) is 6.27. The lowest BCUT2D eigenvalue weighted by Gasteiger charge is -2.21. The molecule has 0 bridgehead atoms. The first-order valence-electron chi connectivity index (χ1n) is 6.79. The molecule has 0 aromatic carbocycles. The second-order valence-corrected chi connectivity index (χ2v) is 7.05. The van der Waals surface area contributed by atoms with Crippen molar-refractivity contribution in [1.82, 2.24) is 10.2 Å². The highest BCUT2D eigenvalue weighted by molar-refractivity contribution is 9.10. The average molecular weight is 373 g/mol. The standard InChI is InChI=1S/C14H17BrN2O3S/c1-3-4-6-14(2)12(19)17(13(20)16-14)8-10(18)11-9(15)5-7-21-11/h5,7H,3-4,6,8H2,1-2H3,(H,16,20). The minimum absolute atomic E-state index is 0.217. The van der Waals surface area contributed by atoms with Crippen molar-refractivity contribution in [3.8, 4) is 0 Å². The van der Waals surface area contributed by atoms with Gasteiger partial charge in [-0.05, 0) is 40.7 Å². The van der Waals surface area contributed by atoms with Gasteiger partial charge in [0.1, 0.15) is 5.54 Å². The van der Waals surface area contributed by atoms with Crippen molar-refractivity contribution in [2.75, 3.05) is 6.54 Å². The summed E-state index contributed by atoms with van der Waals surface area (Å²) >= 11 is 4.58. The highest BCUT2D eigenvalue weighted by Gasteiger charge is 2.47. The van der Waals surface area contributed by atoms with E-state index in [0.717, 1.165) is 17.7 Å². The third-order valence-corrected chi connectivity index (χ3v) is 5.43. The number of amides is 3. The third-order valence-electron chi connectivity index (χ3n) is 3.55. The van der Waals surface area contributed by atoms with Crippen LogP contribution in [0.5, 0.6) is 0 Å². The van der Waals surface area contributed by atoms with Gasteiger partial charge in [0, 0.05) is 4.47 Å². The molecule has 3 amide bonds. The van der Waals surface area contributed by atoms with Crippen molar-refractivity contribution in [3.63, 3.8) is 0 Å². The van der Waals surface area contributed by atoms with Crippen LogP contribution in [0.15, 0.2) is 15.9 Å². The van der Waals surface area contributed by atoms with Gasteiger partial charge in [-0.25, -0.2) is 4.79 Å². The number of imide groups is 1. The third kappa shape index (κ3) is 3.18.